The maximum absolute atomic E-state index is 12.5. The van der Waals surface area contributed by atoms with Crippen molar-refractivity contribution in [1.82, 2.24) is 19.4 Å². The van der Waals surface area contributed by atoms with Crippen LogP contribution >= 0.6 is 15.9 Å². The van der Waals surface area contributed by atoms with Gasteiger partial charge in [-0.2, -0.15) is 0 Å². The molecule has 1 aliphatic heterocycles. The Morgan fingerprint density at radius 1 is 1.38 bits per heavy atom. The summed E-state index contributed by atoms with van der Waals surface area (Å²) in [6.45, 7) is 3.57. The third-order valence-electron chi connectivity index (χ3n) is 3.97. The topological polar surface area (TPSA) is 51.0 Å². The van der Waals surface area contributed by atoms with Gasteiger partial charge < -0.3 is 9.47 Å². The molecule has 1 saturated heterocycles. The van der Waals surface area contributed by atoms with Crippen LogP contribution in [-0.4, -0.2) is 38.4 Å². The van der Waals surface area contributed by atoms with Crippen LogP contribution in [0.1, 0.15) is 35.1 Å². The molecule has 110 valence electrons. The zero-order chi connectivity index (χ0) is 14.8. The number of halogens is 1. The molecule has 6 heteroatoms. The summed E-state index contributed by atoms with van der Waals surface area (Å²) in [5, 5.41) is 0. The summed E-state index contributed by atoms with van der Waals surface area (Å²) in [5.41, 5.74) is 1.67. The molecule has 0 atom stereocenters. The van der Waals surface area contributed by atoms with Crippen molar-refractivity contribution < 1.29 is 4.79 Å². The highest BCUT2D eigenvalue weighted by atomic mass is 79.9. The lowest BCUT2D eigenvalue weighted by Gasteiger charge is -2.33. The van der Waals surface area contributed by atoms with E-state index in [1.165, 1.54) is 5.69 Å². The fraction of sp³-hybridized carbons (Fsp3) is 0.400. The fourth-order valence-corrected chi connectivity index (χ4v) is 3.22. The van der Waals surface area contributed by atoms with Crippen LogP contribution in [0.15, 0.2) is 35.3 Å². The van der Waals surface area contributed by atoms with Gasteiger partial charge in [0.1, 0.15) is 5.69 Å². The molecule has 0 aromatic carbocycles. The molecule has 2 aromatic heterocycles. The zero-order valence-electron chi connectivity index (χ0n) is 11.9. The summed E-state index contributed by atoms with van der Waals surface area (Å²) in [4.78, 5) is 22.7. The van der Waals surface area contributed by atoms with Gasteiger partial charge in [0.15, 0.2) is 0 Å². The summed E-state index contributed by atoms with van der Waals surface area (Å²) >= 11 is 3.39. The van der Waals surface area contributed by atoms with Gasteiger partial charge >= 0.3 is 0 Å². The van der Waals surface area contributed by atoms with E-state index in [1.807, 2.05) is 29.6 Å². The third-order valence-corrected chi connectivity index (χ3v) is 4.61. The Labute approximate surface area is 132 Å². The molecule has 0 aliphatic carbocycles. The van der Waals surface area contributed by atoms with Crippen molar-refractivity contribution in [1.29, 1.82) is 0 Å². The highest BCUT2D eigenvalue weighted by Gasteiger charge is 2.26. The van der Waals surface area contributed by atoms with Crippen LogP contribution in [0.4, 0.5) is 0 Å². The largest absolute Gasteiger partial charge is 0.337 e. The number of imidazole rings is 1. The Bertz CT molecular complexity index is 647. The number of amides is 1. The smallest absolute Gasteiger partial charge is 0.273 e. The molecule has 5 nitrogen and oxygen atoms in total. The van der Waals surface area contributed by atoms with Gasteiger partial charge in [0.2, 0.25) is 0 Å². The molecule has 0 N–H and O–H groups in total. The molecule has 0 saturated carbocycles. The SMILES string of the molecule is Cc1cncn1C1CCN(C(=O)c2ncccc2Br)CC1. The maximum atomic E-state index is 12.5. The second-order valence-electron chi connectivity index (χ2n) is 5.30. The molecular weight excluding hydrogens is 332 g/mol. The quantitative estimate of drug-likeness (QED) is 0.838. The number of hydrogen-bond donors (Lipinski definition) is 0. The first-order valence-corrected chi connectivity index (χ1v) is 7.84. The van der Waals surface area contributed by atoms with Crippen LogP contribution in [0, 0.1) is 6.92 Å². The molecular formula is C15H17BrN4O. The van der Waals surface area contributed by atoms with E-state index in [0.29, 0.717) is 11.7 Å². The van der Waals surface area contributed by atoms with Gasteiger partial charge in [0.05, 0.1) is 6.33 Å². The van der Waals surface area contributed by atoms with E-state index in [4.69, 9.17) is 0 Å². The van der Waals surface area contributed by atoms with Crippen molar-refractivity contribution in [3.63, 3.8) is 0 Å². The van der Waals surface area contributed by atoms with Gasteiger partial charge in [-0.05, 0) is 47.8 Å². The number of rotatable bonds is 2. The molecule has 1 fully saturated rings. The first kappa shape index (κ1) is 14.3. The second-order valence-corrected chi connectivity index (χ2v) is 6.15. The van der Waals surface area contributed by atoms with Gasteiger partial charge in [0.25, 0.3) is 5.91 Å². The number of aromatic nitrogens is 3. The minimum Gasteiger partial charge on any atom is -0.337 e. The van der Waals surface area contributed by atoms with Crippen LogP contribution in [-0.2, 0) is 0 Å². The van der Waals surface area contributed by atoms with Crippen molar-refractivity contribution in [3.8, 4) is 0 Å². The molecule has 0 spiro atoms. The second kappa shape index (κ2) is 5.97. The standard InChI is InChI=1S/C15H17BrN4O/c1-11-9-17-10-20(11)12-4-7-19(8-5-12)15(21)14-13(16)3-2-6-18-14/h2-3,6,9-10,12H,4-5,7-8H2,1H3. The van der Waals surface area contributed by atoms with E-state index >= 15 is 0 Å². The Balaban J connectivity index is 1.67. The number of aryl methyl sites for hydroxylation is 1. The van der Waals surface area contributed by atoms with Crippen molar-refractivity contribution in [2.24, 2.45) is 0 Å². The first-order chi connectivity index (χ1) is 10.2. The zero-order valence-corrected chi connectivity index (χ0v) is 13.5. The van der Waals surface area contributed by atoms with E-state index in [-0.39, 0.29) is 5.91 Å². The van der Waals surface area contributed by atoms with Crippen molar-refractivity contribution in [2.75, 3.05) is 13.1 Å². The van der Waals surface area contributed by atoms with E-state index in [2.05, 4.69) is 37.4 Å². The van der Waals surface area contributed by atoms with E-state index in [9.17, 15) is 4.79 Å². The average molecular weight is 349 g/mol. The molecule has 2 aromatic rings. The minimum atomic E-state index is 0.00304. The molecule has 1 amide bonds. The highest BCUT2D eigenvalue weighted by Crippen LogP contribution is 2.25. The molecule has 0 bridgehead atoms. The summed E-state index contributed by atoms with van der Waals surface area (Å²) in [6, 6.07) is 4.10. The van der Waals surface area contributed by atoms with E-state index in [0.717, 1.165) is 30.4 Å². The normalized spacial score (nSPS) is 16.2. The van der Waals surface area contributed by atoms with E-state index < -0.39 is 0 Å². The van der Waals surface area contributed by atoms with Crippen molar-refractivity contribution in [3.05, 3.63) is 46.7 Å². The number of hydrogen-bond acceptors (Lipinski definition) is 3. The Morgan fingerprint density at radius 2 is 2.14 bits per heavy atom. The minimum absolute atomic E-state index is 0.00304. The van der Waals surface area contributed by atoms with Gasteiger partial charge in [-0.3, -0.25) is 4.79 Å². The molecule has 3 heterocycles. The van der Waals surface area contributed by atoms with Gasteiger partial charge in [-0.15, -0.1) is 0 Å². The van der Waals surface area contributed by atoms with Crippen molar-refractivity contribution in [2.45, 2.75) is 25.8 Å². The molecule has 1 aliphatic rings. The van der Waals surface area contributed by atoms with Gasteiger partial charge in [-0.25, -0.2) is 9.97 Å². The number of likely N-dealkylation sites (tertiary alicyclic amines) is 1. The summed E-state index contributed by atoms with van der Waals surface area (Å²) < 4.78 is 2.96. The van der Waals surface area contributed by atoms with Crippen LogP contribution in [0.3, 0.4) is 0 Å². The first-order valence-electron chi connectivity index (χ1n) is 7.05. The predicted molar refractivity (Wildman–Crippen MR) is 83.1 cm³/mol. The van der Waals surface area contributed by atoms with Crippen LogP contribution < -0.4 is 0 Å². The van der Waals surface area contributed by atoms with Crippen LogP contribution in [0.2, 0.25) is 0 Å². The predicted octanol–water partition coefficient (Wildman–Crippen LogP) is 2.83. The molecule has 3 rings (SSSR count). The summed E-state index contributed by atoms with van der Waals surface area (Å²) in [7, 11) is 0. The number of nitrogens with zero attached hydrogens (tertiary/aromatic N) is 4. The number of pyridine rings is 1. The monoisotopic (exact) mass is 348 g/mol. The van der Waals surface area contributed by atoms with Gasteiger partial charge in [-0.1, -0.05) is 0 Å². The lowest BCUT2D eigenvalue weighted by Crippen LogP contribution is -2.39. The van der Waals surface area contributed by atoms with Gasteiger partial charge in [0, 0.05) is 41.7 Å². The lowest BCUT2D eigenvalue weighted by molar-refractivity contribution is 0.0687. The average Bonchev–Trinajstić information content (AvgIpc) is 2.93. The molecule has 0 unspecified atom stereocenters. The lowest BCUT2D eigenvalue weighted by atomic mass is 10.0. The van der Waals surface area contributed by atoms with Crippen LogP contribution in [0.5, 0.6) is 0 Å². The number of carbonyl (C=O) groups excluding carboxylic acids is 1. The third kappa shape index (κ3) is 2.85. The highest BCUT2D eigenvalue weighted by molar-refractivity contribution is 9.10. The Kier molecular flexibility index (Phi) is 4.05. The number of piperidine rings is 1. The molecule has 0 radical (unpaired) electrons. The van der Waals surface area contributed by atoms with Crippen molar-refractivity contribution >= 4 is 21.8 Å². The Morgan fingerprint density at radius 3 is 2.76 bits per heavy atom. The fourth-order valence-electron chi connectivity index (χ4n) is 2.79. The molecule has 21 heavy (non-hydrogen) atoms. The van der Waals surface area contributed by atoms with E-state index in [1.54, 1.807) is 6.20 Å². The summed E-state index contributed by atoms with van der Waals surface area (Å²) in [6.07, 6.45) is 7.32. The maximum Gasteiger partial charge on any atom is 0.273 e. The Hall–Kier alpha value is -1.69. The van der Waals surface area contributed by atoms with Crippen LogP contribution in [0.25, 0.3) is 0 Å². The summed E-state index contributed by atoms with van der Waals surface area (Å²) in [5.74, 6) is 0.00304. The number of carbonyl (C=O) groups is 1.